The van der Waals surface area contributed by atoms with Gasteiger partial charge in [0.25, 0.3) is 0 Å². The number of hydrogen-bond acceptors (Lipinski definition) is 6. The fourth-order valence-electron chi connectivity index (χ4n) is 3.08. The van der Waals surface area contributed by atoms with Crippen LogP contribution in [0.25, 0.3) is 0 Å². The Labute approximate surface area is 158 Å². The highest BCUT2D eigenvalue weighted by Crippen LogP contribution is 2.41. The molecular formula is C21H24O6. The van der Waals surface area contributed by atoms with Crippen LogP contribution in [-0.2, 0) is 14.3 Å². The van der Waals surface area contributed by atoms with Crippen LogP contribution in [0.5, 0.6) is 11.5 Å². The summed E-state index contributed by atoms with van der Waals surface area (Å²) in [6.07, 6.45) is -2.72. The van der Waals surface area contributed by atoms with E-state index in [-0.39, 0.29) is 0 Å². The number of cyclic esters (lactones) is 1. The predicted molar refractivity (Wildman–Crippen MR) is 98.7 cm³/mol. The number of benzene rings is 2. The average molecular weight is 372 g/mol. The lowest BCUT2D eigenvalue weighted by Crippen LogP contribution is -2.45. The highest BCUT2D eigenvalue weighted by molar-refractivity contribution is 5.76. The minimum Gasteiger partial charge on any atom is -0.497 e. The van der Waals surface area contributed by atoms with E-state index >= 15 is 0 Å². The molecule has 1 saturated heterocycles. The summed E-state index contributed by atoms with van der Waals surface area (Å²) >= 11 is 0. The van der Waals surface area contributed by atoms with Crippen molar-refractivity contribution in [3.8, 4) is 11.5 Å². The van der Waals surface area contributed by atoms with Crippen LogP contribution in [0.1, 0.15) is 36.7 Å². The third kappa shape index (κ3) is 4.07. The van der Waals surface area contributed by atoms with Crippen molar-refractivity contribution in [1.82, 2.24) is 0 Å². The topological polar surface area (TPSA) is 74.2 Å². The summed E-state index contributed by atoms with van der Waals surface area (Å²) in [6, 6.07) is 14.7. The van der Waals surface area contributed by atoms with Gasteiger partial charge in [-0.15, -0.1) is 0 Å². The first kappa shape index (κ1) is 19.2. The molecule has 1 fully saturated rings. The molecule has 1 aliphatic rings. The van der Waals surface area contributed by atoms with E-state index in [0.29, 0.717) is 12.2 Å². The molecule has 6 nitrogen and oxygen atoms in total. The second kappa shape index (κ2) is 8.41. The fraction of sp³-hybridized carbons (Fsp3) is 0.381. The standard InChI is InChI=1S/C21H24O6/c1-4-17(22)20-21(23)27-19(14-7-11-16(25-3)12-8-14)18(26-20)13-5-9-15(24-2)10-6-13/h5-12,17-20,22H,4H2,1-3H3/t17-,18-,19-,20-/m0/s1. The van der Waals surface area contributed by atoms with Crippen molar-refractivity contribution in [2.75, 3.05) is 14.2 Å². The van der Waals surface area contributed by atoms with Crippen LogP contribution in [0.15, 0.2) is 48.5 Å². The van der Waals surface area contributed by atoms with Crippen molar-refractivity contribution in [1.29, 1.82) is 0 Å². The van der Waals surface area contributed by atoms with E-state index in [2.05, 4.69) is 0 Å². The summed E-state index contributed by atoms with van der Waals surface area (Å²) < 4.78 is 22.1. The summed E-state index contributed by atoms with van der Waals surface area (Å²) in [5, 5.41) is 10.2. The summed E-state index contributed by atoms with van der Waals surface area (Å²) in [5.41, 5.74) is 1.62. The highest BCUT2D eigenvalue weighted by Gasteiger charge is 2.43. The lowest BCUT2D eigenvalue weighted by atomic mass is 9.95. The second-order valence-electron chi connectivity index (χ2n) is 6.36. The summed E-state index contributed by atoms with van der Waals surface area (Å²) in [7, 11) is 3.19. The molecule has 2 aromatic carbocycles. The van der Waals surface area contributed by atoms with E-state index in [1.165, 1.54) is 0 Å². The van der Waals surface area contributed by atoms with Crippen LogP contribution in [0.3, 0.4) is 0 Å². The zero-order valence-corrected chi connectivity index (χ0v) is 15.6. The van der Waals surface area contributed by atoms with Crippen molar-refractivity contribution in [3.63, 3.8) is 0 Å². The SMILES string of the molecule is CC[C@H](O)[C@@H]1O[C@@H](c2ccc(OC)cc2)[C@H](c2ccc(OC)cc2)OC1=O. The molecule has 0 aliphatic carbocycles. The van der Waals surface area contributed by atoms with E-state index in [0.717, 1.165) is 16.9 Å². The van der Waals surface area contributed by atoms with Crippen LogP contribution < -0.4 is 9.47 Å². The molecule has 27 heavy (non-hydrogen) atoms. The second-order valence-corrected chi connectivity index (χ2v) is 6.36. The van der Waals surface area contributed by atoms with Crippen molar-refractivity contribution >= 4 is 5.97 Å². The quantitative estimate of drug-likeness (QED) is 0.785. The normalized spacial score (nSPS) is 23.4. The summed E-state index contributed by atoms with van der Waals surface area (Å²) in [5.74, 6) is 0.870. The maximum atomic E-state index is 12.4. The number of aliphatic hydroxyl groups excluding tert-OH is 1. The fourth-order valence-corrected chi connectivity index (χ4v) is 3.08. The van der Waals surface area contributed by atoms with Crippen LogP contribution in [-0.4, -0.2) is 37.5 Å². The van der Waals surface area contributed by atoms with Gasteiger partial charge < -0.3 is 24.1 Å². The number of methoxy groups -OCH3 is 2. The van der Waals surface area contributed by atoms with Crippen LogP contribution in [0.2, 0.25) is 0 Å². The van der Waals surface area contributed by atoms with Gasteiger partial charge in [0.2, 0.25) is 0 Å². The van der Waals surface area contributed by atoms with Gasteiger partial charge in [-0.25, -0.2) is 4.79 Å². The van der Waals surface area contributed by atoms with E-state index in [4.69, 9.17) is 18.9 Å². The third-order valence-electron chi connectivity index (χ3n) is 4.70. The molecule has 3 rings (SSSR count). The first-order valence-electron chi connectivity index (χ1n) is 8.89. The minimum absolute atomic E-state index is 0.391. The van der Waals surface area contributed by atoms with Crippen molar-refractivity contribution in [3.05, 3.63) is 59.7 Å². The molecular weight excluding hydrogens is 348 g/mol. The van der Waals surface area contributed by atoms with E-state index < -0.39 is 30.4 Å². The molecule has 1 aliphatic heterocycles. The monoisotopic (exact) mass is 372 g/mol. The van der Waals surface area contributed by atoms with Gasteiger partial charge in [0.15, 0.2) is 12.2 Å². The van der Waals surface area contributed by atoms with Crippen LogP contribution in [0, 0.1) is 0 Å². The number of carbonyl (C=O) groups is 1. The molecule has 0 spiro atoms. The summed E-state index contributed by atoms with van der Waals surface area (Å²) in [6.45, 7) is 1.79. The van der Waals surface area contributed by atoms with Gasteiger partial charge in [-0.3, -0.25) is 0 Å². The molecule has 1 N–H and O–H groups in total. The maximum Gasteiger partial charge on any atom is 0.338 e. The minimum atomic E-state index is -1.02. The number of esters is 1. The van der Waals surface area contributed by atoms with Crippen LogP contribution in [0.4, 0.5) is 0 Å². The lowest BCUT2D eigenvalue weighted by Gasteiger charge is -2.37. The molecule has 0 radical (unpaired) electrons. The smallest absolute Gasteiger partial charge is 0.338 e. The Balaban J connectivity index is 1.95. The molecule has 0 aromatic heterocycles. The van der Waals surface area contributed by atoms with Gasteiger partial charge in [-0.1, -0.05) is 31.2 Å². The number of rotatable bonds is 6. The van der Waals surface area contributed by atoms with Crippen molar-refractivity contribution < 1.29 is 28.8 Å². The highest BCUT2D eigenvalue weighted by atomic mass is 16.6. The van der Waals surface area contributed by atoms with Crippen molar-refractivity contribution in [2.45, 2.75) is 37.8 Å². The average Bonchev–Trinajstić information content (AvgIpc) is 2.73. The van der Waals surface area contributed by atoms with Crippen LogP contribution >= 0.6 is 0 Å². The molecule has 1 heterocycles. The van der Waals surface area contributed by atoms with E-state index in [1.54, 1.807) is 33.3 Å². The molecule has 0 bridgehead atoms. The molecule has 4 atom stereocenters. The first-order valence-corrected chi connectivity index (χ1v) is 8.89. The Morgan fingerprint density at radius 1 is 0.926 bits per heavy atom. The van der Waals surface area contributed by atoms with Gasteiger partial charge in [0, 0.05) is 0 Å². The Bertz CT molecular complexity index is 755. The molecule has 0 unspecified atom stereocenters. The number of carbonyl (C=O) groups excluding carboxylic acids is 1. The first-order chi connectivity index (χ1) is 13.1. The van der Waals surface area contributed by atoms with Gasteiger partial charge in [-0.05, 0) is 41.8 Å². The number of aliphatic hydroxyl groups is 1. The molecule has 6 heteroatoms. The molecule has 0 amide bonds. The van der Waals surface area contributed by atoms with E-state index in [1.807, 2.05) is 36.4 Å². The zero-order valence-electron chi connectivity index (χ0n) is 15.6. The van der Waals surface area contributed by atoms with E-state index in [9.17, 15) is 9.90 Å². The lowest BCUT2D eigenvalue weighted by molar-refractivity contribution is -0.216. The maximum absolute atomic E-state index is 12.4. The Morgan fingerprint density at radius 3 is 1.85 bits per heavy atom. The number of hydrogen-bond donors (Lipinski definition) is 1. The zero-order chi connectivity index (χ0) is 19.4. The Morgan fingerprint density at radius 2 is 1.41 bits per heavy atom. The van der Waals surface area contributed by atoms with Gasteiger partial charge in [-0.2, -0.15) is 0 Å². The number of ether oxygens (including phenoxy) is 4. The van der Waals surface area contributed by atoms with Gasteiger partial charge >= 0.3 is 5.97 Å². The largest absolute Gasteiger partial charge is 0.497 e. The predicted octanol–water partition coefficient (Wildman–Crippen LogP) is 3.20. The Kier molecular flexibility index (Phi) is 5.98. The molecule has 2 aromatic rings. The Hall–Kier alpha value is -2.57. The molecule has 144 valence electrons. The van der Waals surface area contributed by atoms with Gasteiger partial charge in [0.05, 0.1) is 20.3 Å². The molecule has 0 saturated carbocycles. The van der Waals surface area contributed by atoms with Crippen molar-refractivity contribution in [2.24, 2.45) is 0 Å². The third-order valence-corrected chi connectivity index (χ3v) is 4.70. The summed E-state index contributed by atoms with van der Waals surface area (Å²) in [4.78, 5) is 12.4. The van der Waals surface area contributed by atoms with Gasteiger partial charge in [0.1, 0.15) is 17.6 Å².